The fourth-order valence-electron chi connectivity index (χ4n) is 4.63. The van der Waals surface area contributed by atoms with Gasteiger partial charge < -0.3 is 26.1 Å². The number of imidazole rings is 1. The molecule has 1 saturated heterocycles. The molecule has 1 aliphatic heterocycles. The number of nitrogens with one attached hydrogen (secondary N) is 1. The van der Waals surface area contributed by atoms with E-state index in [1.165, 1.54) is 31.4 Å². The van der Waals surface area contributed by atoms with Crippen molar-refractivity contribution in [1.82, 2.24) is 15.0 Å². The number of nitrogen functional groups attached to an aromatic ring is 1. The number of aryl methyl sites for hydroxylation is 1. The van der Waals surface area contributed by atoms with E-state index in [0.717, 1.165) is 29.7 Å². The number of pyridine rings is 1. The number of methoxy groups -OCH3 is 1. The lowest BCUT2D eigenvalue weighted by Gasteiger charge is -2.34. The minimum Gasteiger partial charge on any atom is -0.494 e. The first-order chi connectivity index (χ1) is 16.3. The van der Waals surface area contributed by atoms with Gasteiger partial charge in [0.1, 0.15) is 34.5 Å². The number of anilines is 2. The molecule has 2 aromatic heterocycles. The molecule has 9 heteroatoms. The first kappa shape index (κ1) is 22.1. The first-order valence-electron chi connectivity index (χ1n) is 11.1. The third-order valence-corrected chi connectivity index (χ3v) is 6.26. The Balaban J connectivity index is 1.77. The number of aromatic amines is 1. The first-order valence-corrected chi connectivity index (χ1v) is 11.1. The number of aromatic nitrogens is 3. The summed E-state index contributed by atoms with van der Waals surface area (Å²) in [5, 5.41) is 0. The molecule has 176 valence electrons. The van der Waals surface area contributed by atoms with Crippen molar-refractivity contribution >= 4 is 22.5 Å². The smallest absolute Gasteiger partial charge is 0.149 e. The number of nitrogens with two attached hydrogens (primary N) is 2. The maximum Gasteiger partial charge on any atom is 0.149 e. The van der Waals surface area contributed by atoms with Crippen molar-refractivity contribution in [2.45, 2.75) is 25.8 Å². The van der Waals surface area contributed by atoms with Gasteiger partial charge in [0.2, 0.25) is 0 Å². The average Bonchev–Trinajstić information content (AvgIpc) is 3.21. The Labute approximate surface area is 195 Å². The molecule has 0 aliphatic carbocycles. The molecule has 3 heterocycles. The Morgan fingerprint density at radius 3 is 2.53 bits per heavy atom. The Morgan fingerprint density at radius 2 is 1.82 bits per heavy atom. The molecule has 0 atom stereocenters. The Morgan fingerprint density at radius 1 is 1.09 bits per heavy atom. The van der Waals surface area contributed by atoms with Gasteiger partial charge in [0.25, 0.3) is 0 Å². The fourth-order valence-corrected chi connectivity index (χ4v) is 4.63. The van der Waals surface area contributed by atoms with E-state index in [9.17, 15) is 8.78 Å². The molecule has 7 nitrogen and oxygen atoms in total. The summed E-state index contributed by atoms with van der Waals surface area (Å²) in [6, 6.07) is 7.65. The molecule has 4 aromatic rings. The van der Waals surface area contributed by atoms with Crippen molar-refractivity contribution < 1.29 is 13.5 Å². The van der Waals surface area contributed by atoms with Crippen LogP contribution in [0.2, 0.25) is 0 Å². The van der Waals surface area contributed by atoms with Crippen LogP contribution in [0.25, 0.3) is 33.5 Å². The topological polar surface area (TPSA) is 106 Å². The second-order valence-corrected chi connectivity index (χ2v) is 8.71. The van der Waals surface area contributed by atoms with Crippen molar-refractivity contribution in [1.29, 1.82) is 0 Å². The van der Waals surface area contributed by atoms with Crippen LogP contribution in [-0.4, -0.2) is 41.2 Å². The second kappa shape index (κ2) is 8.57. The molecular weight excluding hydrogens is 438 g/mol. The third-order valence-electron chi connectivity index (χ3n) is 6.26. The average molecular weight is 465 g/mol. The van der Waals surface area contributed by atoms with E-state index in [0.29, 0.717) is 46.8 Å². The summed E-state index contributed by atoms with van der Waals surface area (Å²) in [5.74, 6) is 0.235. The van der Waals surface area contributed by atoms with Gasteiger partial charge in [0.05, 0.1) is 23.9 Å². The van der Waals surface area contributed by atoms with Crippen LogP contribution >= 0.6 is 0 Å². The van der Waals surface area contributed by atoms with E-state index in [1.807, 2.05) is 13.0 Å². The van der Waals surface area contributed by atoms with E-state index < -0.39 is 5.82 Å². The number of halogens is 2. The zero-order valence-corrected chi connectivity index (χ0v) is 19.0. The number of H-pyrrole nitrogens is 1. The number of benzene rings is 2. The van der Waals surface area contributed by atoms with Gasteiger partial charge in [-0.25, -0.2) is 18.7 Å². The van der Waals surface area contributed by atoms with Crippen molar-refractivity contribution in [3.8, 4) is 28.3 Å². The van der Waals surface area contributed by atoms with Crippen molar-refractivity contribution in [2.24, 2.45) is 5.73 Å². The highest BCUT2D eigenvalue weighted by atomic mass is 19.1. The summed E-state index contributed by atoms with van der Waals surface area (Å²) < 4.78 is 33.8. The number of ether oxygens (including phenoxy) is 1. The summed E-state index contributed by atoms with van der Waals surface area (Å²) in [6.07, 6.45) is 3.28. The lowest BCUT2D eigenvalue weighted by molar-refractivity contribution is 0.416. The standard InChI is InChI=1S/C25H26F2N6O/c1-13-7-14(9-15(26)8-13)18-12-30-24(29)21(23(18)33-5-3-17(28)4-6-33)25-31-19-10-16(27)11-20(34-2)22(19)32-25/h7-12,17H,3-6,28H2,1-2H3,(H2,29,30)(H,31,32). The Bertz CT molecular complexity index is 1360. The van der Waals surface area contributed by atoms with E-state index in [4.69, 9.17) is 21.2 Å². The maximum absolute atomic E-state index is 14.4. The number of nitrogens with zero attached hydrogens (tertiary/aromatic N) is 3. The van der Waals surface area contributed by atoms with Crippen molar-refractivity contribution in [3.05, 3.63) is 53.7 Å². The SMILES string of the molecule is COc1cc(F)cc2[nH]c(-c3c(N)ncc(-c4cc(C)cc(F)c4)c3N3CCC(N)CC3)nc12. The Hall–Kier alpha value is -3.72. The molecule has 1 fully saturated rings. The van der Waals surface area contributed by atoms with Gasteiger partial charge in [-0.05, 0) is 49.1 Å². The van der Waals surface area contributed by atoms with Crippen molar-refractivity contribution in [3.63, 3.8) is 0 Å². The van der Waals surface area contributed by atoms with Crippen LogP contribution in [0.3, 0.4) is 0 Å². The fraction of sp³-hybridized carbons (Fsp3) is 0.280. The summed E-state index contributed by atoms with van der Waals surface area (Å²) in [7, 11) is 1.47. The molecule has 0 radical (unpaired) electrons. The van der Waals surface area contributed by atoms with Gasteiger partial charge in [0.15, 0.2) is 0 Å². The molecule has 0 amide bonds. The molecule has 0 unspecified atom stereocenters. The number of hydrogen-bond acceptors (Lipinski definition) is 6. The molecule has 5 rings (SSSR count). The normalized spacial score (nSPS) is 14.7. The molecule has 1 aliphatic rings. The predicted octanol–water partition coefficient (Wildman–Crippen LogP) is 4.40. The maximum atomic E-state index is 14.4. The van der Waals surface area contributed by atoms with Crippen LogP contribution < -0.4 is 21.1 Å². The van der Waals surface area contributed by atoms with Gasteiger partial charge in [-0.15, -0.1) is 0 Å². The molecule has 0 bridgehead atoms. The van der Waals surface area contributed by atoms with Crippen LogP contribution in [0.4, 0.5) is 20.3 Å². The molecule has 2 aromatic carbocycles. The monoisotopic (exact) mass is 464 g/mol. The van der Waals surface area contributed by atoms with E-state index >= 15 is 0 Å². The third kappa shape index (κ3) is 3.92. The summed E-state index contributed by atoms with van der Waals surface area (Å²) in [5.41, 5.74) is 17.1. The van der Waals surface area contributed by atoms with E-state index in [1.54, 1.807) is 6.20 Å². The second-order valence-electron chi connectivity index (χ2n) is 8.71. The van der Waals surface area contributed by atoms with Gasteiger partial charge in [-0.2, -0.15) is 0 Å². The number of hydrogen-bond donors (Lipinski definition) is 3. The number of fused-ring (bicyclic) bond motifs is 1. The van der Waals surface area contributed by atoms with E-state index in [2.05, 4.69) is 14.9 Å². The molecule has 0 saturated carbocycles. The van der Waals surface area contributed by atoms with Crippen LogP contribution in [-0.2, 0) is 0 Å². The van der Waals surface area contributed by atoms with Gasteiger partial charge in [-0.3, -0.25) is 0 Å². The van der Waals surface area contributed by atoms with Gasteiger partial charge in [-0.1, -0.05) is 6.07 Å². The van der Waals surface area contributed by atoms with Crippen LogP contribution in [0.15, 0.2) is 36.5 Å². The highest BCUT2D eigenvalue weighted by molar-refractivity contribution is 5.96. The zero-order valence-electron chi connectivity index (χ0n) is 19.0. The van der Waals surface area contributed by atoms with Crippen LogP contribution in [0, 0.1) is 18.6 Å². The quantitative estimate of drug-likeness (QED) is 0.413. The summed E-state index contributed by atoms with van der Waals surface area (Å²) in [6.45, 7) is 3.26. The molecule has 0 spiro atoms. The summed E-state index contributed by atoms with van der Waals surface area (Å²) >= 11 is 0. The lowest BCUT2D eigenvalue weighted by Crippen LogP contribution is -2.40. The van der Waals surface area contributed by atoms with Crippen LogP contribution in [0.5, 0.6) is 5.75 Å². The minimum atomic E-state index is -0.445. The molecular formula is C25H26F2N6O. The highest BCUT2D eigenvalue weighted by Gasteiger charge is 2.27. The van der Waals surface area contributed by atoms with E-state index in [-0.39, 0.29) is 17.7 Å². The lowest BCUT2D eigenvalue weighted by atomic mass is 9.97. The van der Waals surface area contributed by atoms with Gasteiger partial charge >= 0.3 is 0 Å². The largest absolute Gasteiger partial charge is 0.494 e. The highest BCUT2D eigenvalue weighted by Crippen LogP contribution is 2.43. The Kier molecular flexibility index (Phi) is 5.57. The number of rotatable bonds is 4. The summed E-state index contributed by atoms with van der Waals surface area (Å²) in [4.78, 5) is 14.5. The van der Waals surface area contributed by atoms with Gasteiger partial charge in [0, 0.05) is 37.0 Å². The van der Waals surface area contributed by atoms with Crippen molar-refractivity contribution in [2.75, 3.05) is 30.8 Å². The minimum absolute atomic E-state index is 0.122. The molecule has 5 N–H and O–H groups in total. The number of piperidine rings is 1. The van der Waals surface area contributed by atoms with Crippen LogP contribution in [0.1, 0.15) is 18.4 Å². The predicted molar refractivity (Wildman–Crippen MR) is 130 cm³/mol. The zero-order chi connectivity index (χ0) is 24.0. The molecule has 34 heavy (non-hydrogen) atoms.